The second-order valence-corrected chi connectivity index (χ2v) is 8.19. The number of hydrogen-bond donors (Lipinski definition) is 1. The minimum Gasteiger partial charge on any atom is -0.449 e. The summed E-state index contributed by atoms with van der Waals surface area (Å²) >= 11 is 0. The molecule has 2 aromatic carbocycles. The Bertz CT molecular complexity index is 724. The van der Waals surface area contributed by atoms with Gasteiger partial charge in [0, 0.05) is 0 Å². The summed E-state index contributed by atoms with van der Waals surface area (Å²) in [6, 6.07) is 15.9. The number of rotatable bonds is 15. The number of ether oxygens (including phenoxy) is 1. The largest absolute Gasteiger partial charge is 0.511 e. The molecule has 2 aromatic rings. The lowest BCUT2D eigenvalue weighted by Gasteiger charge is -2.12. The molecule has 0 bridgehead atoms. The van der Waals surface area contributed by atoms with Gasteiger partial charge in [-0.25, -0.2) is 4.79 Å². The van der Waals surface area contributed by atoms with Crippen LogP contribution in [0.1, 0.15) is 89.5 Å². The first-order valence-corrected chi connectivity index (χ1v) is 11.8. The predicted molar refractivity (Wildman–Crippen MR) is 125 cm³/mol. The Kier molecular flexibility index (Phi) is 11.7. The first kappa shape index (κ1) is 24.0. The van der Waals surface area contributed by atoms with E-state index in [1.807, 2.05) is 30.3 Å². The van der Waals surface area contributed by atoms with Crippen molar-refractivity contribution in [3.05, 3.63) is 54.1 Å². The molecule has 0 heterocycles. The Morgan fingerprint density at radius 2 is 1.33 bits per heavy atom. The highest BCUT2D eigenvalue weighted by Gasteiger charge is 2.09. The van der Waals surface area contributed by atoms with Crippen molar-refractivity contribution in [1.82, 2.24) is 0 Å². The Morgan fingerprint density at radius 1 is 0.767 bits per heavy atom. The molecule has 0 spiro atoms. The number of hydrogen-bond acceptors (Lipinski definition) is 2. The summed E-state index contributed by atoms with van der Waals surface area (Å²) in [4.78, 5) is 10.9. The summed E-state index contributed by atoms with van der Waals surface area (Å²) < 4.78 is 4.88. The fourth-order valence-corrected chi connectivity index (χ4v) is 4.00. The number of benzene rings is 2. The van der Waals surface area contributed by atoms with Crippen LogP contribution in [0, 0.1) is 0 Å². The van der Waals surface area contributed by atoms with Gasteiger partial charge in [-0.2, -0.15) is 0 Å². The van der Waals surface area contributed by atoms with Gasteiger partial charge in [0.05, 0.1) is 0 Å². The van der Waals surface area contributed by atoms with Crippen molar-refractivity contribution < 1.29 is 14.6 Å². The Balaban J connectivity index is 1.73. The molecule has 0 atom stereocenters. The molecule has 2 rings (SSSR count). The Labute approximate surface area is 182 Å². The van der Waals surface area contributed by atoms with E-state index >= 15 is 0 Å². The lowest BCUT2D eigenvalue weighted by molar-refractivity contribution is 0.144. The van der Waals surface area contributed by atoms with Gasteiger partial charge in [-0.1, -0.05) is 114 Å². The second-order valence-electron chi connectivity index (χ2n) is 8.19. The van der Waals surface area contributed by atoms with E-state index in [1.165, 1.54) is 70.6 Å². The van der Waals surface area contributed by atoms with Crippen LogP contribution < -0.4 is 4.74 Å². The molecule has 3 nitrogen and oxygen atoms in total. The third-order valence-corrected chi connectivity index (χ3v) is 5.67. The van der Waals surface area contributed by atoms with Gasteiger partial charge in [-0.15, -0.1) is 0 Å². The quantitative estimate of drug-likeness (QED) is 0.181. The van der Waals surface area contributed by atoms with Crippen LogP contribution in [0.3, 0.4) is 0 Å². The van der Waals surface area contributed by atoms with Crippen LogP contribution in [0.25, 0.3) is 11.1 Å². The van der Waals surface area contributed by atoms with Crippen molar-refractivity contribution in [2.45, 2.75) is 90.4 Å². The first-order valence-electron chi connectivity index (χ1n) is 11.8. The first-order chi connectivity index (χ1) is 14.7. The van der Waals surface area contributed by atoms with E-state index in [2.05, 4.69) is 19.1 Å². The van der Waals surface area contributed by atoms with Crippen LogP contribution in [0.5, 0.6) is 5.75 Å². The monoisotopic (exact) mass is 410 g/mol. The number of carbonyl (C=O) groups is 1. The topological polar surface area (TPSA) is 46.5 Å². The minimum absolute atomic E-state index is 0.399. The molecular formula is C27H38O3. The molecule has 0 aliphatic carbocycles. The fourth-order valence-electron chi connectivity index (χ4n) is 4.00. The highest BCUT2D eigenvalue weighted by molar-refractivity contribution is 5.69. The third-order valence-electron chi connectivity index (χ3n) is 5.67. The van der Waals surface area contributed by atoms with Crippen LogP contribution in [-0.4, -0.2) is 11.3 Å². The maximum Gasteiger partial charge on any atom is 0.511 e. The van der Waals surface area contributed by atoms with Crippen molar-refractivity contribution in [1.29, 1.82) is 0 Å². The highest BCUT2D eigenvalue weighted by Crippen LogP contribution is 2.29. The summed E-state index contributed by atoms with van der Waals surface area (Å²) in [5, 5.41) is 8.91. The third kappa shape index (κ3) is 9.47. The van der Waals surface area contributed by atoms with Crippen molar-refractivity contribution in [3.63, 3.8) is 0 Å². The normalized spacial score (nSPS) is 10.8. The lowest BCUT2D eigenvalue weighted by Crippen LogP contribution is -2.03. The molecule has 0 saturated heterocycles. The molecule has 1 N–H and O–H groups in total. The summed E-state index contributed by atoms with van der Waals surface area (Å²) in [6.07, 6.45) is 15.6. The molecule has 0 unspecified atom stereocenters. The molecule has 0 fully saturated rings. The average molecular weight is 411 g/mol. The molecular weight excluding hydrogens is 372 g/mol. The van der Waals surface area contributed by atoms with Crippen LogP contribution >= 0.6 is 0 Å². The van der Waals surface area contributed by atoms with Gasteiger partial charge in [0.25, 0.3) is 0 Å². The average Bonchev–Trinajstić information content (AvgIpc) is 2.75. The molecule has 0 saturated carbocycles. The van der Waals surface area contributed by atoms with Gasteiger partial charge < -0.3 is 9.84 Å². The van der Waals surface area contributed by atoms with Crippen LogP contribution in [0.2, 0.25) is 0 Å². The van der Waals surface area contributed by atoms with E-state index in [0.29, 0.717) is 5.75 Å². The van der Waals surface area contributed by atoms with Crippen molar-refractivity contribution in [2.24, 2.45) is 0 Å². The lowest BCUT2D eigenvalue weighted by atomic mass is 9.95. The maximum atomic E-state index is 10.9. The van der Waals surface area contributed by atoms with Gasteiger partial charge in [0.2, 0.25) is 0 Å². The van der Waals surface area contributed by atoms with Gasteiger partial charge >= 0.3 is 6.16 Å². The van der Waals surface area contributed by atoms with Gasteiger partial charge in [-0.05, 0) is 41.7 Å². The highest BCUT2D eigenvalue weighted by atomic mass is 16.7. The molecule has 3 heteroatoms. The molecule has 0 amide bonds. The zero-order valence-electron chi connectivity index (χ0n) is 18.6. The Morgan fingerprint density at radius 3 is 1.90 bits per heavy atom. The summed E-state index contributed by atoms with van der Waals surface area (Å²) in [5.41, 5.74) is 3.48. The molecule has 164 valence electrons. The Hall–Kier alpha value is -2.29. The molecule has 0 radical (unpaired) electrons. The second kappa shape index (κ2) is 14.7. The minimum atomic E-state index is -1.27. The zero-order valence-corrected chi connectivity index (χ0v) is 18.6. The number of aryl methyl sites for hydroxylation is 1. The SMILES string of the molecule is CCCCCCCCCCCCCCc1cc(OC(=O)O)ccc1-c1ccccc1. The van der Waals surface area contributed by atoms with Crippen LogP contribution in [-0.2, 0) is 6.42 Å². The van der Waals surface area contributed by atoms with E-state index in [-0.39, 0.29) is 0 Å². The molecule has 30 heavy (non-hydrogen) atoms. The summed E-state index contributed by atoms with van der Waals surface area (Å²) in [6.45, 7) is 2.27. The van der Waals surface area contributed by atoms with Crippen LogP contribution in [0.4, 0.5) is 4.79 Å². The van der Waals surface area contributed by atoms with Gasteiger partial charge in [0.15, 0.2) is 0 Å². The van der Waals surface area contributed by atoms with Crippen molar-refractivity contribution >= 4 is 6.16 Å². The summed E-state index contributed by atoms with van der Waals surface area (Å²) in [5.74, 6) is 0.399. The maximum absolute atomic E-state index is 10.9. The van der Waals surface area contributed by atoms with E-state index in [1.54, 1.807) is 6.07 Å². The van der Waals surface area contributed by atoms with E-state index in [9.17, 15) is 4.79 Å². The fraction of sp³-hybridized carbons (Fsp3) is 0.519. The molecule has 0 aromatic heterocycles. The van der Waals surface area contributed by atoms with Crippen molar-refractivity contribution in [2.75, 3.05) is 0 Å². The standard InChI is InChI=1S/C27H38O3/c1-2-3-4-5-6-7-8-9-10-11-12-14-19-24-22-25(30-27(28)29)20-21-26(24)23-17-15-13-16-18-23/h13,15-18,20-22H,2-12,14,19H2,1H3,(H,28,29). The number of carboxylic acid groups (broad SMARTS) is 1. The van der Waals surface area contributed by atoms with Gasteiger partial charge in [-0.3, -0.25) is 0 Å². The smallest absolute Gasteiger partial charge is 0.449 e. The predicted octanol–water partition coefficient (Wildman–Crippen LogP) is 8.65. The van der Waals surface area contributed by atoms with Gasteiger partial charge in [0.1, 0.15) is 5.75 Å². The summed E-state index contributed by atoms with van der Waals surface area (Å²) in [7, 11) is 0. The van der Waals surface area contributed by atoms with E-state index < -0.39 is 6.16 Å². The van der Waals surface area contributed by atoms with Crippen molar-refractivity contribution in [3.8, 4) is 16.9 Å². The van der Waals surface area contributed by atoms with E-state index in [4.69, 9.17) is 9.84 Å². The number of unbranched alkanes of at least 4 members (excludes halogenated alkanes) is 11. The zero-order chi connectivity index (χ0) is 21.4. The van der Waals surface area contributed by atoms with Crippen LogP contribution in [0.15, 0.2) is 48.5 Å². The molecule has 0 aliphatic rings. The van der Waals surface area contributed by atoms with E-state index in [0.717, 1.165) is 29.5 Å². The molecule has 0 aliphatic heterocycles.